The van der Waals surface area contributed by atoms with Crippen molar-refractivity contribution in [2.24, 2.45) is 0 Å². The summed E-state index contributed by atoms with van der Waals surface area (Å²) in [5.74, 6) is 0.697. The van der Waals surface area contributed by atoms with E-state index in [0.717, 1.165) is 33.7 Å². The van der Waals surface area contributed by atoms with E-state index in [9.17, 15) is 4.79 Å². The number of H-pyrrole nitrogens is 1. The first-order chi connectivity index (χ1) is 9.65. The molecule has 0 fully saturated rings. The van der Waals surface area contributed by atoms with Crippen molar-refractivity contribution in [3.63, 3.8) is 0 Å². The summed E-state index contributed by atoms with van der Waals surface area (Å²) in [7, 11) is 0. The van der Waals surface area contributed by atoms with Crippen molar-refractivity contribution in [3.05, 3.63) is 37.0 Å². The van der Waals surface area contributed by atoms with E-state index in [1.165, 1.54) is 4.88 Å². The highest BCUT2D eigenvalue weighted by Crippen LogP contribution is 2.30. The van der Waals surface area contributed by atoms with Gasteiger partial charge in [-0.25, -0.2) is 9.97 Å². The Bertz CT molecular complexity index is 807. The molecule has 0 aliphatic carbocycles. The molecule has 2 N–H and O–H groups in total. The van der Waals surface area contributed by atoms with Crippen LogP contribution in [0.1, 0.15) is 17.5 Å². The molecule has 0 saturated heterocycles. The Morgan fingerprint density at radius 3 is 3.00 bits per heavy atom. The van der Waals surface area contributed by atoms with Crippen LogP contribution >= 0.6 is 34.3 Å². The summed E-state index contributed by atoms with van der Waals surface area (Å²) < 4.78 is 0. The van der Waals surface area contributed by atoms with E-state index < -0.39 is 0 Å². The summed E-state index contributed by atoms with van der Waals surface area (Å²) in [5, 5.41) is 6.19. The van der Waals surface area contributed by atoms with Crippen LogP contribution in [-0.4, -0.2) is 15.0 Å². The Labute approximate surface area is 127 Å². The van der Waals surface area contributed by atoms with Gasteiger partial charge in [0.2, 0.25) is 5.28 Å². The minimum Gasteiger partial charge on any atom is -0.364 e. The van der Waals surface area contributed by atoms with Gasteiger partial charge in [-0.05, 0) is 24.1 Å². The van der Waals surface area contributed by atoms with Crippen molar-refractivity contribution in [2.75, 3.05) is 5.32 Å². The molecule has 0 saturated carbocycles. The molecule has 3 heterocycles. The maximum atomic E-state index is 11.1. The molecule has 0 radical (unpaired) electrons. The van der Waals surface area contributed by atoms with Gasteiger partial charge in [-0.1, -0.05) is 18.3 Å². The van der Waals surface area contributed by atoms with Gasteiger partial charge in [-0.2, -0.15) is 0 Å². The Morgan fingerprint density at radius 2 is 2.30 bits per heavy atom. The number of nitrogens with zero attached hydrogens (tertiary/aromatic N) is 2. The SMILES string of the molecule is CCc1cc2c(NCc3csc(=O)[nH]3)nc(Cl)nc2s1. The number of hydrogen-bond donors (Lipinski definition) is 2. The minimum absolute atomic E-state index is 0.0588. The summed E-state index contributed by atoms with van der Waals surface area (Å²) in [5.41, 5.74) is 0.828. The van der Waals surface area contributed by atoms with E-state index in [4.69, 9.17) is 11.6 Å². The molecule has 0 atom stereocenters. The highest BCUT2D eigenvalue weighted by atomic mass is 35.5. The molecule has 0 bridgehead atoms. The molecule has 5 nitrogen and oxygen atoms in total. The average molecular weight is 327 g/mol. The summed E-state index contributed by atoms with van der Waals surface area (Å²) >= 11 is 8.72. The number of aromatic nitrogens is 3. The number of rotatable bonds is 4. The van der Waals surface area contributed by atoms with Crippen molar-refractivity contribution in [3.8, 4) is 0 Å². The molecule has 20 heavy (non-hydrogen) atoms. The molecule has 3 aromatic rings. The van der Waals surface area contributed by atoms with E-state index >= 15 is 0 Å². The smallest absolute Gasteiger partial charge is 0.304 e. The zero-order chi connectivity index (χ0) is 14.1. The van der Waals surface area contributed by atoms with Crippen LogP contribution in [0.25, 0.3) is 10.2 Å². The van der Waals surface area contributed by atoms with Gasteiger partial charge in [0.1, 0.15) is 10.6 Å². The number of thiophene rings is 1. The lowest BCUT2D eigenvalue weighted by Gasteiger charge is -2.05. The van der Waals surface area contributed by atoms with Crippen LogP contribution in [-0.2, 0) is 13.0 Å². The predicted octanol–water partition coefficient (Wildman–Crippen LogP) is 3.27. The van der Waals surface area contributed by atoms with E-state index in [1.807, 2.05) is 0 Å². The first-order valence-electron chi connectivity index (χ1n) is 6.02. The first kappa shape index (κ1) is 13.5. The third-order valence-electron chi connectivity index (χ3n) is 2.78. The maximum Gasteiger partial charge on any atom is 0.304 e. The predicted molar refractivity (Wildman–Crippen MR) is 84.1 cm³/mol. The number of nitrogens with one attached hydrogen (secondary N) is 2. The highest BCUT2D eigenvalue weighted by molar-refractivity contribution is 7.18. The Morgan fingerprint density at radius 1 is 1.45 bits per heavy atom. The standard InChI is InChI=1S/C12H11ClN4OS2/c1-2-7-3-8-9(16-11(13)17-10(8)20-7)14-4-6-5-19-12(18)15-6/h3,5H,2,4H2,1H3,(H,15,18)(H,14,16,17). The second-order valence-corrected chi connectivity index (χ2v) is 6.45. The van der Waals surface area contributed by atoms with Crippen LogP contribution in [0, 0.1) is 0 Å². The molecule has 0 unspecified atom stereocenters. The lowest BCUT2D eigenvalue weighted by molar-refractivity contribution is 1.04. The monoisotopic (exact) mass is 326 g/mol. The quantitative estimate of drug-likeness (QED) is 0.722. The van der Waals surface area contributed by atoms with Gasteiger partial charge < -0.3 is 10.3 Å². The van der Waals surface area contributed by atoms with Crippen LogP contribution in [0.2, 0.25) is 5.28 Å². The van der Waals surface area contributed by atoms with Crippen molar-refractivity contribution >= 4 is 50.3 Å². The Kier molecular flexibility index (Phi) is 3.73. The molecular formula is C12H11ClN4OS2. The van der Waals surface area contributed by atoms with Crippen molar-refractivity contribution in [1.82, 2.24) is 15.0 Å². The summed E-state index contributed by atoms with van der Waals surface area (Å²) in [4.78, 5) is 24.4. The van der Waals surface area contributed by atoms with Crippen molar-refractivity contribution in [2.45, 2.75) is 19.9 Å². The lowest BCUT2D eigenvalue weighted by atomic mass is 10.3. The average Bonchev–Trinajstić information content (AvgIpc) is 3.01. The van der Waals surface area contributed by atoms with E-state index in [1.54, 1.807) is 16.7 Å². The zero-order valence-corrected chi connectivity index (χ0v) is 13.0. The molecular weight excluding hydrogens is 316 g/mol. The molecule has 0 aromatic carbocycles. The van der Waals surface area contributed by atoms with Crippen molar-refractivity contribution in [1.29, 1.82) is 0 Å². The first-order valence-corrected chi connectivity index (χ1v) is 8.09. The molecule has 104 valence electrons. The van der Waals surface area contributed by atoms with Crippen molar-refractivity contribution < 1.29 is 0 Å². The second-order valence-electron chi connectivity index (χ2n) is 4.15. The van der Waals surface area contributed by atoms with Crippen LogP contribution in [0.4, 0.5) is 5.82 Å². The van der Waals surface area contributed by atoms with Gasteiger partial charge in [0.05, 0.1) is 11.9 Å². The number of aromatic amines is 1. The van der Waals surface area contributed by atoms with Crippen LogP contribution in [0.5, 0.6) is 0 Å². The minimum atomic E-state index is -0.0588. The number of fused-ring (bicyclic) bond motifs is 1. The second kappa shape index (κ2) is 5.51. The van der Waals surface area contributed by atoms with Gasteiger partial charge in [0, 0.05) is 16.0 Å². The summed E-state index contributed by atoms with van der Waals surface area (Å²) in [6.45, 7) is 2.60. The van der Waals surface area contributed by atoms with Crippen LogP contribution in [0.15, 0.2) is 16.2 Å². The summed E-state index contributed by atoms with van der Waals surface area (Å²) in [6.07, 6.45) is 0.954. The number of thiazole rings is 1. The topological polar surface area (TPSA) is 70.7 Å². The summed E-state index contributed by atoms with van der Waals surface area (Å²) in [6, 6.07) is 2.08. The maximum absolute atomic E-state index is 11.1. The molecule has 0 spiro atoms. The fourth-order valence-corrected chi connectivity index (χ4v) is 3.60. The van der Waals surface area contributed by atoms with E-state index in [2.05, 4.69) is 33.3 Å². The number of aryl methyl sites for hydroxylation is 1. The number of halogens is 1. The number of anilines is 1. The van der Waals surface area contributed by atoms with Gasteiger partial charge in [0.25, 0.3) is 0 Å². The Balaban J connectivity index is 1.93. The molecule has 8 heteroatoms. The highest BCUT2D eigenvalue weighted by Gasteiger charge is 2.10. The third kappa shape index (κ3) is 2.70. The van der Waals surface area contributed by atoms with E-state index in [0.29, 0.717) is 12.4 Å². The van der Waals surface area contributed by atoms with Gasteiger partial charge in [-0.15, -0.1) is 11.3 Å². The van der Waals surface area contributed by atoms with Gasteiger partial charge in [-0.3, -0.25) is 4.79 Å². The van der Waals surface area contributed by atoms with Crippen LogP contribution < -0.4 is 10.2 Å². The lowest BCUT2D eigenvalue weighted by Crippen LogP contribution is -2.04. The van der Waals surface area contributed by atoms with Gasteiger partial charge >= 0.3 is 4.87 Å². The number of hydrogen-bond acceptors (Lipinski definition) is 6. The fraction of sp³-hybridized carbons (Fsp3) is 0.250. The molecule has 0 aliphatic heterocycles. The van der Waals surface area contributed by atoms with Crippen LogP contribution in [0.3, 0.4) is 0 Å². The van der Waals surface area contributed by atoms with E-state index in [-0.39, 0.29) is 10.2 Å². The fourth-order valence-electron chi connectivity index (χ4n) is 1.83. The molecule has 0 aliphatic rings. The normalized spacial score (nSPS) is 11.1. The zero-order valence-electron chi connectivity index (χ0n) is 10.6. The Hall–Kier alpha value is -1.44. The molecule has 0 amide bonds. The largest absolute Gasteiger partial charge is 0.364 e. The molecule has 3 rings (SSSR count). The van der Waals surface area contributed by atoms with Gasteiger partial charge in [0.15, 0.2) is 0 Å². The molecule has 3 aromatic heterocycles. The third-order valence-corrected chi connectivity index (χ3v) is 4.84.